The van der Waals surface area contributed by atoms with Crippen LogP contribution in [0.4, 0.5) is 4.79 Å². The summed E-state index contributed by atoms with van der Waals surface area (Å²) in [4.78, 5) is 25.9. The number of urea groups is 1. The van der Waals surface area contributed by atoms with E-state index in [1.54, 1.807) is 6.92 Å². The van der Waals surface area contributed by atoms with Gasteiger partial charge in [0.2, 0.25) is 5.89 Å². The standard InChI is InChI=1S/C10H16N4O5/c1-6-13-7(14-19-6)3-4-11-9(17)12-5-10(2,18)8(15)16/h18H,3-5H2,1-2H3,(H,15,16)(H2,11,12,17). The van der Waals surface area contributed by atoms with Gasteiger partial charge in [-0.25, -0.2) is 9.59 Å². The number of rotatable bonds is 6. The van der Waals surface area contributed by atoms with E-state index in [-0.39, 0.29) is 6.54 Å². The van der Waals surface area contributed by atoms with Crippen LogP contribution in [-0.2, 0) is 11.2 Å². The second-order valence-electron chi connectivity index (χ2n) is 4.17. The van der Waals surface area contributed by atoms with Crippen LogP contribution in [0.25, 0.3) is 0 Å². The lowest BCUT2D eigenvalue weighted by Crippen LogP contribution is -2.49. The van der Waals surface area contributed by atoms with Crippen LogP contribution in [0.15, 0.2) is 4.52 Å². The van der Waals surface area contributed by atoms with Crippen LogP contribution < -0.4 is 10.6 Å². The second-order valence-corrected chi connectivity index (χ2v) is 4.17. The third kappa shape index (κ3) is 4.92. The van der Waals surface area contributed by atoms with E-state index in [2.05, 4.69) is 20.8 Å². The molecule has 1 rings (SSSR count). The molecule has 9 nitrogen and oxygen atoms in total. The fourth-order valence-corrected chi connectivity index (χ4v) is 1.12. The lowest BCUT2D eigenvalue weighted by molar-refractivity contribution is -0.155. The molecule has 19 heavy (non-hydrogen) atoms. The molecule has 0 saturated heterocycles. The van der Waals surface area contributed by atoms with Gasteiger partial charge in [0.05, 0.1) is 6.54 Å². The topological polar surface area (TPSA) is 138 Å². The zero-order valence-corrected chi connectivity index (χ0v) is 10.6. The number of hydrogen-bond acceptors (Lipinski definition) is 6. The van der Waals surface area contributed by atoms with E-state index in [9.17, 15) is 14.7 Å². The van der Waals surface area contributed by atoms with Crippen LogP contribution in [0.3, 0.4) is 0 Å². The van der Waals surface area contributed by atoms with Crippen LogP contribution in [0.2, 0.25) is 0 Å². The van der Waals surface area contributed by atoms with Crippen molar-refractivity contribution in [1.82, 2.24) is 20.8 Å². The maximum atomic E-state index is 11.3. The van der Waals surface area contributed by atoms with E-state index >= 15 is 0 Å². The number of nitrogens with zero attached hydrogens (tertiary/aromatic N) is 2. The quantitative estimate of drug-likeness (QED) is 0.524. The first-order chi connectivity index (χ1) is 8.81. The lowest BCUT2D eigenvalue weighted by atomic mass is 10.1. The van der Waals surface area contributed by atoms with Crippen LogP contribution in [-0.4, -0.2) is 51.0 Å². The number of hydrogen-bond donors (Lipinski definition) is 4. The Bertz CT molecular complexity index is 457. The summed E-state index contributed by atoms with van der Waals surface area (Å²) in [6.45, 7) is 2.62. The van der Waals surface area contributed by atoms with Gasteiger partial charge in [0.25, 0.3) is 0 Å². The molecule has 106 valence electrons. The number of carboxylic acids is 1. The Morgan fingerprint density at radius 3 is 2.63 bits per heavy atom. The molecule has 0 aliphatic rings. The van der Waals surface area contributed by atoms with Crippen molar-refractivity contribution in [2.45, 2.75) is 25.9 Å². The van der Waals surface area contributed by atoms with Crippen molar-refractivity contribution < 1.29 is 24.3 Å². The Kier molecular flexibility index (Phi) is 4.81. The average molecular weight is 272 g/mol. The average Bonchev–Trinajstić information content (AvgIpc) is 2.72. The summed E-state index contributed by atoms with van der Waals surface area (Å²) in [5.74, 6) is -0.498. The number of amides is 2. The fraction of sp³-hybridized carbons (Fsp3) is 0.600. The van der Waals surface area contributed by atoms with E-state index < -0.39 is 24.1 Å². The smallest absolute Gasteiger partial charge is 0.337 e. The first-order valence-corrected chi connectivity index (χ1v) is 5.58. The highest BCUT2D eigenvalue weighted by atomic mass is 16.5. The molecule has 4 N–H and O–H groups in total. The minimum atomic E-state index is -2.00. The highest BCUT2D eigenvalue weighted by Crippen LogP contribution is 2.00. The van der Waals surface area contributed by atoms with Gasteiger partial charge in [-0.3, -0.25) is 0 Å². The Morgan fingerprint density at radius 1 is 1.42 bits per heavy atom. The summed E-state index contributed by atoms with van der Waals surface area (Å²) in [6.07, 6.45) is 0.389. The Labute approximate surface area is 109 Å². The summed E-state index contributed by atoms with van der Waals surface area (Å²) >= 11 is 0. The molecule has 0 bridgehead atoms. The predicted octanol–water partition coefficient (Wildman–Crippen LogP) is -0.945. The summed E-state index contributed by atoms with van der Waals surface area (Å²) in [7, 11) is 0. The number of nitrogens with one attached hydrogen (secondary N) is 2. The number of aliphatic hydroxyl groups is 1. The molecule has 0 aliphatic heterocycles. The lowest BCUT2D eigenvalue weighted by Gasteiger charge is -2.18. The molecule has 0 radical (unpaired) electrons. The number of aliphatic carboxylic acids is 1. The summed E-state index contributed by atoms with van der Waals surface area (Å²) < 4.78 is 4.75. The maximum Gasteiger partial charge on any atom is 0.337 e. The normalized spacial score (nSPS) is 13.6. The van der Waals surface area contributed by atoms with E-state index in [0.717, 1.165) is 6.92 Å². The zero-order chi connectivity index (χ0) is 14.5. The molecule has 1 aromatic heterocycles. The minimum absolute atomic E-state index is 0.264. The monoisotopic (exact) mass is 272 g/mol. The van der Waals surface area contributed by atoms with Gasteiger partial charge in [0.15, 0.2) is 11.4 Å². The van der Waals surface area contributed by atoms with E-state index in [0.29, 0.717) is 18.1 Å². The Hall–Kier alpha value is -2.16. The van der Waals surface area contributed by atoms with E-state index in [1.165, 1.54) is 0 Å². The molecule has 1 heterocycles. The Morgan fingerprint density at radius 2 is 2.11 bits per heavy atom. The highest BCUT2D eigenvalue weighted by Gasteiger charge is 2.30. The van der Waals surface area contributed by atoms with Gasteiger partial charge >= 0.3 is 12.0 Å². The number of aryl methyl sites for hydroxylation is 1. The molecule has 0 saturated carbocycles. The molecule has 0 spiro atoms. The molecule has 0 fully saturated rings. The minimum Gasteiger partial charge on any atom is -0.479 e. The number of carbonyl (C=O) groups is 2. The van der Waals surface area contributed by atoms with Crippen LogP contribution in [0, 0.1) is 6.92 Å². The molecule has 2 amide bonds. The molecule has 1 aromatic rings. The van der Waals surface area contributed by atoms with Crippen molar-refractivity contribution in [2.24, 2.45) is 0 Å². The van der Waals surface area contributed by atoms with Crippen LogP contribution in [0.5, 0.6) is 0 Å². The SMILES string of the molecule is Cc1nc(CCNC(=O)NCC(C)(O)C(=O)O)no1. The molecule has 0 aromatic carbocycles. The molecule has 0 aliphatic carbocycles. The molecule has 1 atom stereocenters. The third-order valence-corrected chi connectivity index (χ3v) is 2.26. The van der Waals surface area contributed by atoms with E-state index in [4.69, 9.17) is 9.63 Å². The number of carbonyl (C=O) groups excluding carboxylic acids is 1. The van der Waals surface area contributed by atoms with E-state index in [1.807, 2.05) is 0 Å². The number of carboxylic acid groups (broad SMARTS) is 1. The third-order valence-electron chi connectivity index (χ3n) is 2.26. The van der Waals surface area contributed by atoms with Crippen molar-refractivity contribution in [1.29, 1.82) is 0 Å². The van der Waals surface area contributed by atoms with Crippen LogP contribution in [0.1, 0.15) is 18.6 Å². The van der Waals surface area contributed by atoms with Crippen molar-refractivity contribution in [3.05, 3.63) is 11.7 Å². The predicted molar refractivity (Wildman–Crippen MR) is 62.4 cm³/mol. The summed E-state index contributed by atoms with van der Waals surface area (Å²) in [6, 6.07) is -0.582. The van der Waals surface area contributed by atoms with Crippen molar-refractivity contribution >= 4 is 12.0 Å². The van der Waals surface area contributed by atoms with Gasteiger partial charge in [-0.1, -0.05) is 5.16 Å². The first kappa shape index (κ1) is 14.9. The van der Waals surface area contributed by atoms with Gasteiger partial charge in [-0.15, -0.1) is 0 Å². The van der Waals surface area contributed by atoms with Crippen molar-refractivity contribution in [2.75, 3.05) is 13.1 Å². The maximum absolute atomic E-state index is 11.3. The zero-order valence-electron chi connectivity index (χ0n) is 10.6. The number of aromatic nitrogens is 2. The van der Waals surface area contributed by atoms with Gasteiger partial charge < -0.3 is 25.4 Å². The van der Waals surface area contributed by atoms with Gasteiger partial charge in [0, 0.05) is 19.9 Å². The molecule has 9 heteroatoms. The fourth-order valence-electron chi connectivity index (χ4n) is 1.12. The van der Waals surface area contributed by atoms with Gasteiger partial charge in [0.1, 0.15) is 0 Å². The summed E-state index contributed by atoms with van der Waals surface area (Å²) in [5.41, 5.74) is -2.00. The Balaban J connectivity index is 2.23. The molecular formula is C10H16N4O5. The van der Waals surface area contributed by atoms with Gasteiger partial charge in [-0.05, 0) is 6.92 Å². The van der Waals surface area contributed by atoms with Crippen molar-refractivity contribution in [3.8, 4) is 0 Å². The summed E-state index contributed by atoms with van der Waals surface area (Å²) in [5, 5.41) is 26.4. The highest BCUT2D eigenvalue weighted by molar-refractivity contribution is 5.79. The molecule has 1 unspecified atom stereocenters. The van der Waals surface area contributed by atoms with Crippen molar-refractivity contribution in [3.63, 3.8) is 0 Å². The first-order valence-electron chi connectivity index (χ1n) is 5.58. The van der Waals surface area contributed by atoms with Gasteiger partial charge in [-0.2, -0.15) is 4.98 Å². The molecular weight excluding hydrogens is 256 g/mol. The largest absolute Gasteiger partial charge is 0.479 e. The second kappa shape index (κ2) is 6.14. The van der Waals surface area contributed by atoms with Crippen LogP contribution >= 0.6 is 0 Å².